The van der Waals surface area contributed by atoms with Crippen LogP contribution in [0.2, 0.25) is 0 Å². The van der Waals surface area contributed by atoms with E-state index in [0.717, 1.165) is 17.1 Å². The molecule has 0 atom stereocenters. The zero-order chi connectivity index (χ0) is 14.7. The molecule has 0 radical (unpaired) electrons. The Kier molecular flexibility index (Phi) is 3.82. The van der Waals surface area contributed by atoms with Gasteiger partial charge >= 0.3 is 0 Å². The minimum absolute atomic E-state index is 0.593. The molecule has 0 saturated carbocycles. The predicted molar refractivity (Wildman–Crippen MR) is 78.6 cm³/mol. The van der Waals surface area contributed by atoms with Gasteiger partial charge in [-0.1, -0.05) is 0 Å². The van der Waals surface area contributed by atoms with Gasteiger partial charge in [0.25, 0.3) is 0 Å². The molecule has 3 aromatic rings. The molecule has 0 bridgehead atoms. The van der Waals surface area contributed by atoms with Gasteiger partial charge < -0.3 is 15.0 Å². The summed E-state index contributed by atoms with van der Waals surface area (Å²) in [4.78, 5) is 24.0. The topological polar surface area (TPSA) is 102 Å². The predicted octanol–water partition coefficient (Wildman–Crippen LogP) is 1.73. The molecule has 3 aromatic heterocycles. The Hall–Kier alpha value is -2.42. The summed E-state index contributed by atoms with van der Waals surface area (Å²) < 4.78 is 5.42. The highest BCUT2D eigenvalue weighted by Gasteiger charge is 2.16. The van der Waals surface area contributed by atoms with Gasteiger partial charge in [0.2, 0.25) is 0 Å². The molecule has 0 aliphatic rings. The summed E-state index contributed by atoms with van der Waals surface area (Å²) in [5.41, 5.74) is 1.39. The van der Waals surface area contributed by atoms with Gasteiger partial charge in [-0.3, -0.25) is 0 Å². The molecule has 0 unspecified atom stereocenters. The molecule has 2 N–H and O–H groups in total. The fourth-order valence-corrected chi connectivity index (χ4v) is 2.73. The summed E-state index contributed by atoms with van der Waals surface area (Å²) in [7, 11) is 1.59. The number of aromatic nitrogens is 6. The number of nitrogens with one attached hydrogen (secondary N) is 2. The maximum Gasteiger partial charge on any atom is 0.194 e. The molecule has 0 saturated heterocycles. The van der Waals surface area contributed by atoms with Crippen LogP contribution in [0.15, 0.2) is 29.0 Å². The second-order valence-corrected chi connectivity index (χ2v) is 4.95. The zero-order valence-electron chi connectivity index (χ0n) is 11.5. The number of aromatic amines is 1. The van der Waals surface area contributed by atoms with Crippen LogP contribution >= 0.6 is 11.8 Å². The molecule has 3 heterocycles. The van der Waals surface area contributed by atoms with Crippen molar-refractivity contribution in [3.05, 3.63) is 19.0 Å². The third-order valence-electron chi connectivity index (χ3n) is 2.70. The third kappa shape index (κ3) is 2.59. The van der Waals surface area contributed by atoms with Crippen LogP contribution in [-0.2, 0) is 0 Å². The minimum Gasteiger partial charge on any atom is -0.490 e. The number of ether oxygens (including phenoxy) is 1. The highest BCUT2D eigenvalue weighted by atomic mass is 32.2. The van der Waals surface area contributed by atoms with Crippen molar-refractivity contribution in [3.63, 3.8) is 0 Å². The third-order valence-corrected chi connectivity index (χ3v) is 3.69. The number of H-pyrrole nitrogens is 1. The first-order chi connectivity index (χ1) is 10.3. The van der Waals surface area contributed by atoms with Gasteiger partial charge in [-0.15, -0.1) is 0 Å². The number of rotatable bonds is 5. The van der Waals surface area contributed by atoms with Gasteiger partial charge in [-0.05, 0) is 18.7 Å². The van der Waals surface area contributed by atoms with Gasteiger partial charge in [-0.2, -0.15) is 0 Å². The second-order valence-electron chi connectivity index (χ2n) is 3.97. The molecule has 21 heavy (non-hydrogen) atoms. The lowest BCUT2D eigenvalue weighted by Crippen LogP contribution is -2.04. The minimum atomic E-state index is 0.593. The monoisotopic (exact) mass is 303 g/mol. The summed E-state index contributed by atoms with van der Waals surface area (Å²) in [5.74, 6) is 1.25. The van der Waals surface area contributed by atoms with Crippen molar-refractivity contribution in [1.29, 1.82) is 0 Å². The van der Waals surface area contributed by atoms with Gasteiger partial charge in [0.05, 0.1) is 13.4 Å². The highest BCUT2D eigenvalue weighted by Crippen LogP contribution is 2.37. The molecule has 0 spiro atoms. The molecule has 3 rings (SSSR count). The van der Waals surface area contributed by atoms with E-state index in [1.165, 1.54) is 24.4 Å². The number of hydrogen-bond acceptors (Lipinski definition) is 8. The van der Waals surface area contributed by atoms with Gasteiger partial charge in [0, 0.05) is 6.54 Å². The van der Waals surface area contributed by atoms with Crippen molar-refractivity contribution in [1.82, 2.24) is 29.9 Å². The maximum absolute atomic E-state index is 5.42. The normalized spacial score (nSPS) is 10.8. The summed E-state index contributed by atoms with van der Waals surface area (Å²) >= 11 is 1.37. The van der Waals surface area contributed by atoms with Crippen molar-refractivity contribution in [2.45, 2.75) is 17.0 Å². The summed E-state index contributed by atoms with van der Waals surface area (Å²) in [5, 5.41) is 4.56. The zero-order valence-corrected chi connectivity index (χ0v) is 12.3. The van der Waals surface area contributed by atoms with Gasteiger partial charge in [0.15, 0.2) is 22.2 Å². The Balaban J connectivity index is 2.01. The van der Waals surface area contributed by atoms with Crippen molar-refractivity contribution < 1.29 is 4.74 Å². The lowest BCUT2D eigenvalue weighted by atomic mass is 10.5. The number of hydrogen-bond donors (Lipinski definition) is 2. The SMILES string of the molecule is CCNc1ncnc(Sc2ncnc3nc[nH]c23)c1OC. The van der Waals surface area contributed by atoms with E-state index in [4.69, 9.17) is 4.74 Å². The molecular weight excluding hydrogens is 290 g/mol. The van der Waals surface area contributed by atoms with Crippen molar-refractivity contribution in [3.8, 4) is 5.75 Å². The van der Waals surface area contributed by atoms with Crippen LogP contribution in [0.1, 0.15) is 6.92 Å². The van der Waals surface area contributed by atoms with Crippen molar-refractivity contribution in [2.75, 3.05) is 19.0 Å². The summed E-state index contributed by atoms with van der Waals surface area (Å²) in [6, 6.07) is 0. The van der Waals surface area contributed by atoms with Gasteiger partial charge in [0.1, 0.15) is 23.2 Å². The standard InChI is InChI=1S/C12H13N7OS/c1-3-13-10-8(20-2)12(19-6-17-10)21-11-7-9(15-4-14-7)16-5-18-11/h4-6H,3H2,1-2H3,(H,13,17,19)(H,14,15,16,18). The van der Waals surface area contributed by atoms with Crippen LogP contribution in [0.25, 0.3) is 11.2 Å². The number of methoxy groups -OCH3 is 1. The first-order valence-corrected chi connectivity index (χ1v) is 7.10. The largest absolute Gasteiger partial charge is 0.490 e. The van der Waals surface area contributed by atoms with E-state index in [9.17, 15) is 0 Å². The van der Waals surface area contributed by atoms with Crippen LogP contribution in [0.4, 0.5) is 5.82 Å². The fraction of sp³-hybridized carbons (Fsp3) is 0.250. The fourth-order valence-electron chi connectivity index (χ4n) is 1.82. The number of imidazole rings is 1. The van der Waals surface area contributed by atoms with E-state index < -0.39 is 0 Å². The average Bonchev–Trinajstić information content (AvgIpc) is 2.97. The first kappa shape index (κ1) is 13.6. The van der Waals surface area contributed by atoms with Crippen LogP contribution in [0, 0.1) is 0 Å². The van der Waals surface area contributed by atoms with Crippen LogP contribution in [0.3, 0.4) is 0 Å². The molecule has 0 aliphatic heterocycles. The van der Waals surface area contributed by atoms with Crippen molar-refractivity contribution in [2.24, 2.45) is 0 Å². The Labute approximate surface area is 124 Å². The lowest BCUT2D eigenvalue weighted by Gasteiger charge is -2.11. The van der Waals surface area contributed by atoms with E-state index in [-0.39, 0.29) is 0 Å². The molecule has 8 nitrogen and oxygen atoms in total. The Morgan fingerprint density at radius 2 is 1.95 bits per heavy atom. The Morgan fingerprint density at radius 1 is 1.14 bits per heavy atom. The molecule has 0 fully saturated rings. The molecule has 108 valence electrons. The van der Waals surface area contributed by atoms with E-state index in [1.807, 2.05) is 6.92 Å². The van der Waals surface area contributed by atoms with Gasteiger partial charge in [-0.25, -0.2) is 24.9 Å². The van der Waals surface area contributed by atoms with Crippen LogP contribution < -0.4 is 10.1 Å². The Morgan fingerprint density at radius 3 is 2.76 bits per heavy atom. The quantitative estimate of drug-likeness (QED) is 0.687. The van der Waals surface area contributed by atoms with Crippen LogP contribution in [0.5, 0.6) is 5.75 Å². The molecular formula is C12H13N7OS. The maximum atomic E-state index is 5.42. The molecule has 0 amide bonds. The second kappa shape index (κ2) is 5.92. The summed E-state index contributed by atoms with van der Waals surface area (Å²) in [6.07, 6.45) is 4.56. The van der Waals surface area contributed by atoms with E-state index in [1.54, 1.807) is 13.4 Å². The average molecular weight is 303 g/mol. The molecule has 9 heteroatoms. The van der Waals surface area contributed by atoms with E-state index in [2.05, 4.69) is 35.2 Å². The molecule has 0 aliphatic carbocycles. The van der Waals surface area contributed by atoms with Crippen molar-refractivity contribution >= 4 is 28.7 Å². The summed E-state index contributed by atoms with van der Waals surface area (Å²) in [6.45, 7) is 2.74. The smallest absolute Gasteiger partial charge is 0.194 e. The Bertz CT molecular complexity index is 760. The van der Waals surface area contributed by atoms with E-state index in [0.29, 0.717) is 22.2 Å². The van der Waals surface area contributed by atoms with E-state index >= 15 is 0 Å². The van der Waals surface area contributed by atoms with Crippen LogP contribution in [-0.4, -0.2) is 43.6 Å². The highest BCUT2D eigenvalue weighted by molar-refractivity contribution is 7.99. The number of anilines is 1. The lowest BCUT2D eigenvalue weighted by molar-refractivity contribution is 0.400. The molecule has 0 aromatic carbocycles. The number of nitrogens with zero attached hydrogens (tertiary/aromatic N) is 5. The first-order valence-electron chi connectivity index (χ1n) is 6.28. The number of fused-ring (bicyclic) bond motifs is 1.